The van der Waals surface area contributed by atoms with Crippen molar-refractivity contribution in [3.05, 3.63) is 33.9 Å². The van der Waals surface area contributed by atoms with Gasteiger partial charge in [0.2, 0.25) is 0 Å². The van der Waals surface area contributed by atoms with Crippen molar-refractivity contribution in [2.24, 2.45) is 5.92 Å². The van der Waals surface area contributed by atoms with Gasteiger partial charge in [-0.1, -0.05) is 0 Å². The number of anilines is 1. The average molecular weight is 347 g/mol. The maximum Gasteiger partial charge on any atom is 0.306 e. The maximum absolute atomic E-state index is 12.1. The molecule has 0 spiro atoms. The third kappa shape index (κ3) is 4.26. The first-order valence-corrected chi connectivity index (χ1v) is 8.52. The molecule has 1 aromatic carbocycles. The van der Waals surface area contributed by atoms with Crippen LogP contribution >= 0.6 is 0 Å². The van der Waals surface area contributed by atoms with E-state index < -0.39 is 10.9 Å². The predicted octanol–water partition coefficient (Wildman–Crippen LogP) is 2.54. The lowest BCUT2D eigenvalue weighted by Gasteiger charge is -2.27. The van der Waals surface area contributed by atoms with Crippen LogP contribution in [-0.4, -0.2) is 34.0 Å². The van der Waals surface area contributed by atoms with Crippen molar-refractivity contribution in [1.29, 1.82) is 0 Å². The molecule has 3 N–H and O–H groups in total. The highest BCUT2D eigenvalue weighted by Crippen LogP contribution is 2.31. The van der Waals surface area contributed by atoms with E-state index in [2.05, 4.69) is 10.6 Å². The minimum Gasteiger partial charge on any atom is -0.481 e. The molecule has 0 aromatic heterocycles. The van der Waals surface area contributed by atoms with Gasteiger partial charge < -0.3 is 15.7 Å². The Morgan fingerprint density at radius 3 is 2.28 bits per heavy atom. The van der Waals surface area contributed by atoms with Gasteiger partial charge in [-0.2, -0.15) is 0 Å². The number of hydrogen-bond acceptors (Lipinski definition) is 5. The second kappa shape index (κ2) is 7.08. The quantitative estimate of drug-likeness (QED) is 0.537. The predicted molar refractivity (Wildman–Crippen MR) is 90.6 cm³/mol. The number of hydrogen-bond donors (Lipinski definition) is 3. The summed E-state index contributed by atoms with van der Waals surface area (Å²) in [7, 11) is 0. The Morgan fingerprint density at radius 1 is 1.08 bits per heavy atom. The van der Waals surface area contributed by atoms with Gasteiger partial charge in [-0.3, -0.25) is 19.7 Å². The summed E-state index contributed by atoms with van der Waals surface area (Å²) in [6.45, 7) is 0. The summed E-state index contributed by atoms with van der Waals surface area (Å²) >= 11 is 0. The molecular formula is C17H21N3O5. The van der Waals surface area contributed by atoms with Gasteiger partial charge in [0.1, 0.15) is 5.69 Å². The van der Waals surface area contributed by atoms with Gasteiger partial charge in [0.25, 0.3) is 11.6 Å². The number of nitro benzene ring substituents is 1. The molecule has 0 radical (unpaired) electrons. The van der Waals surface area contributed by atoms with Crippen LogP contribution in [0.1, 0.15) is 48.9 Å². The molecule has 2 fully saturated rings. The van der Waals surface area contributed by atoms with Crippen molar-refractivity contribution in [1.82, 2.24) is 5.32 Å². The molecule has 0 heterocycles. The van der Waals surface area contributed by atoms with Crippen molar-refractivity contribution in [2.45, 2.75) is 50.6 Å². The molecule has 0 aliphatic heterocycles. The summed E-state index contributed by atoms with van der Waals surface area (Å²) < 4.78 is 0. The number of carbonyl (C=O) groups excluding carboxylic acids is 1. The highest BCUT2D eigenvalue weighted by Gasteiger charge is 2.28. The highest BCUT2D eigenvalue weighted by molar-refractivity contribution is 5.96. The fourth-order valence-corrected chi connectivity index (χ4v) is 3.15. The van der Waals surface area contributed by atoms with Gasteiger partial charge in [-0.05, 0) is 50.7 Å². The van der Waals surface area contributed by atoms with Crippen LogP contribution in [0.4, 0.5) is 11.4 Å². The zero-order chi connectivity index (χ0) is 18.0. The van der Waals surface area contributed by atoms with Crippen molar-refractivity contribution in [3.63, 3.8) is 0 Å². The standard InChI is InChI=1S/C17H21N3O5/c21-16(19-13-6-7-13)11-3-8-14(15(9-11)20(24)25)18-12-4-1-10(2-5-12)17(22)23/h3,8-10,12-13,18H,1-2,4-7H2,(H,19,21)(H,22,23). The van der Waals surface area contributed by atoms with Gasteiger partial charge in [-0.15, -0.1) is 0 Å². The molecule has 1 amide bonds. The summed E-state index contributed by atoms with van der Waals surface area (Å²) in [5, 5.41) is 26.4. The van der Waals surface area contributed by atoms with Gasteiger partial charge in [-0.25, -0.2) is 0 Å². The van der Waals surface area contributed by atoms with Crippen molar-refractivity contribution >= 4 is 23.3 Å². The lowest BCUT2D eigenvalue weighted by atomic mass is 9.86. The molecule has 2 saturated carbocycles. The van der Waals surface area contributed by atoms with E-state index in [-0.39, 0.29) is 35.2 Å². The van der Waals surface area contributed by atoms with Crippen molar-refractivity contribution in [3.8, 4) is 0 Å². The highest BCUT2D eigenvalue weighted by atomic mass is 16.6. The summed E-state index contributed by atoms with van der Waals surface area (Å²) in [5.41, 5.74) is 0.509. The first kappa shape index (κ1) is 17.2. The molecule has 8 nitrogen and oxygen atoms in total. The molecule has 0 saturated heterocycles. The Labute approximate surface area is 144 Å². The Balaban J connectivity index is 1.69. The Hall–Kier alpha value is -2.64. The van der Waals surface area contributed by atoms with Gasteiger partial charge in [0.15, 0.2) is 0 Å². The van der Waals surface area contributed by atoms with Gasteiger partial charge in [0.05, 0.1) is 10.8 Å². The summed E-state index contributed by atoms with van der Waals surface area (Å²) in [6.07, 6.45) is 4.32. The van der Waals surface area contributed by atoms with E-state index in [1.165, 1.54) is 6.07 Å². The monoisotopic (exact) mass is 347 g/mol. The van der Waals surface area contributed by atoms with E-state index in [9.17, 15) is 19.7 Å². The minimum absolute atomic E-state index is 0.000408. The van der Waals surface area contributed by atoms with Crippen molar-refractivity contribution in [2.75, 3.05) is 5.32 Å². The van der Waals surface area contributed by atoms with E-state index in [0.29, 0.717) is 31.4 Å². The number of nitro groups is 1. The van der Waals surface area contributed by atoms with Gasteiger partial charge >= 0.3 is 5.97 Å². The number of nitrogens with zero attached hydrogens (tertiary/aromatic N) is 1. The molecule has 2 aliphatic rings. The topological polar surface area (TPSA) is 122 Å². The second-order valence-corrected chi connectivity index (χ2v) is 6.77. The molecule has 0 bridgehead atoms. The van der Waals surface area contributed by atoms with Crippen LogP contribution in [0.25, 0.3) is 0 Å². The largest absolute Gasteiger partial charge is 0.481 e. The fraction of sp³-hybridized carbons (Fsp3) is 0.529. The van der Waals surface area contributed by atoms with E-state index in [1.54, 1.807) is 12.1 Å². The lowest BCUT2D eigenvalue weighted by Crippen LogP contribution is -2.29. The molecular weight excluding hydrogens is 326 g/mol. The van der Waals surface area contributed by atoms with Crippen LogP contribution in [0, 0.1) is 16.0 Å². The summed E-state index contributed by atoms with van der Waals surface area (Å²) in [6, 6.07) is 4.62. The second-order valence-electron chi connectivity index (χ2n) is 6.77. The van der Waals surface area contributed by atoms with Crippen LogP contribution in [0.15, 0.2) is 18.2 Å². The van der Waals surface area contributed by atoms with Crippen LogP contribution in [0.2, 0.25) is 0 Å². The first-order chi connectivity index (χ1) is 11.9. The van der Waals surface area contributed by atoms with Crippen LogP contribution in [0.5, 0.6) is 0 Å². The zero-order valence-corrected chi connectivity index (χ0v) is 13.7. The molecule has 25 heavy (non-hydrogen) atoms. The number of carboxylic acids is 1. The zero-order valence-electron chi connectivity index (χ0n) is 13.7. The molecule has 8 heteroatoms. The molecule has 2 aliphatic carbocycles. The van der Waals surface area contributed by atoms with Crippen LogP contribution in [-0.2, 0) is 4.79 Å². The molecule has 1 aromatic rings. The smallest absolute Gasteiger partial charge is 0.306 e. The number of carbonyl (C=O) groups is 2. The van der Waals surface area contributed by atoms with Crippen LogP contribution in [0.3, 0.4) is 0 Å². The van der Waals surface area contributed by atoms with E-state index in [0.717, 1.165) is 12.8 Å². The molecule has 134 valence electrons. The maximum atomic E-state index is 12.1. The number of amides is 1. The lowest BCUT2D eigenvalue weighted by molar-refractivity contribution is -0.384. The Bertz CT molecular complexity index is 694. The minimum atomic E-state index is -0.782. The van der Waals surface area contributed by atoms with E-state index in [1.807, 2.05) is 0 Å². The van der Waals surface area contributed by atoms with Crippen LogP contribution < -0.4 is 10.6 Å². The average Bonchev–Trinajstić information content (AvgIpc) is 3.39. The normalized spacial score (nSPS) is 22.9. The molecule has 3 rings (SSSR count). The number of rotatable bonds is 6. The number of nitrogens with one attached hydrogen (secondary N) is 2. The Morgan fingerprint density at radius 2 is 1.72 bits per heavy atom. The number of carboxylic acid groups (broad SMARTS) is 1. The van der Waals surface area contributed by atoms with E-state index in [4.69, 9.17) is 5.11 Å². The third-order valence-corrected chi connectivity index (χ3v) is 4.81. The summed E-state index contributed by atoms with van der Waals surface area (Å²) in [5.74, 6) is -1.41. The Kier molecular flexibility index (Phi) is 4.87. The first-order valence-electron chi connectivity index (χ1n) is 8.52. The molecule has 0 unspecified atom stereocenters. The van der Waals surface area contributed by atoms with Gasteiger partial charge in [0, 0.05) is 23.7 Å². The fourth-order valence-electron chi connectivity index (χ4n) is 3.15. The molecule has 0 atom stereocenters. The van der Waals surface area contributed by atoms with Crippen molar-refractivity contribution < 1.29 is 19.6 Å². The number of benzene rings is 1. The summed E-state index contributed by atoms with van der Waals surface area (Å²) in [4.78, 5) is 33.9. The SMILES string of the molecule is O=C(NC1CC1)c1ccc(NC2CCC(C(=O)O)CC2)c([N+](=O)[O-])c1. The number of aliphatic carboxylic acids is 1. The third-order valence-electron chi connectivity index (χ3n) is 4.81. The van der Waals surface area contributed by atoms with E-state index >= 15 is 0 Å².